The number of ether oxygens (including phenoxy) is 2. The standard InChI is InChI=1S/C17H17FN2O4.2H2/c1-3-24-16(21)11-4-6-12(7-5-11)19-17(22)20-13-8-9-14(18)15(10-13)23-2;;/h4-10H,3H2,1-2H3,(H2,19,20,22);2*1H. The number of methoxy groups -OCH3 is 1. The molecule has 0 bridgehead atoms. The number of hydrogen-bond acceptors (Lipinski definition) is 4. The summed E-state index contributed by atoms with van der Waals surface area (Å²) in [6.45, 7) is 2.02. The molecular formula is C17H21FN2O4. The van der Waals surface area contributed by atoms with Crippen molar-refractivity contribution in [1.29, 1.82) is 0 Å². The molecule has 2 aromatic carbocycles. The maximum Gasteiger partial charge on any atom is 0.338 e. The zero-order chi connectivity index (χ0) is 17.5. The Labute approximate surface area is 141 Å². The fourth-order valence-corrected chi connectivity index (χ4v) is 1.94. The van der Waals surface area contributed by atoms with Crippen LogP contribution in [0, 0.1) is 5.82 Å². The first-order chi connectivity index (χ1) is 11.5. The minimum absolute atomic E-state index is 0. The number of halogens is 1. The second-order valence-electron chi connectivity index (χ2n) is 4.73. The van der Waals surface area contributed by atoms with Gasteiger partial charge in [-0.2, -0.15) is 0 Å². The number of rotatable bonds is 5. The highest BCUT2D eigenvalue weighted by Gasteiger charge is 2.09. The van der Waals surface area contributed by atoms with Crippen LogP contribution in [-0.4, -0.2) is 25.7 Å². The van der Waals surface area contributed by atoms with E-state index in [-0.39, 0.29) is 8.60 Å². The second-order valence-corrected chi connectivity index (χ2v) is 4.73. The minimum Gasteiger partial charge on any atom is -0.494 e. The zero-order valence-electron chi connectivity index (χ0n) is 13.3. The average Bonchev–Trinajstić information content (AvgIpc) is 2.57. The Morgan fingerprint density at radius 1 is 1.08 bits per heavy atom. The zero-order valence-corrected chi connectivity index (χ0v) is 13.3. The summed E-state index contributed by atoms with van der Waals surface area (Å²) in [4.78, 5) is 23.5. The number of nitrogens with one attached hydrogen (secondary N) is 2. The SMILES string of the molecule is CCOC(=O)c1ccc(NC(=O)Nc2ccc(F)c(OC)c2)cc1.[HH].[HH]. The van der Waals surface area contributed by atoms with Gasteiger partial charge < -0.3 is 20.1 Å². The third-order valence-corrected chi connectivity index (χ3v) is 3.06. The van der Waals surface area contributed by atoms with Gasteiger partial charge in [-0.15, -0.1) is 0 Å². The van der Waals surface area contributed by atoms with Gasteiger partial charge in [-0.3, -0.25) is 0 Å². The van der Waals surface area contributed by atoms with E-state index in [1.165, 1.54) is 25.3 Å². The van der Waals surface area contributed by atoms with Crippen LogP contribution in [0.15, 0.2) is 42.5 Å². The first-order valence-corrected chi connectivity index (χ1v) is 7.22. The van der Waals surface area contributed by atoms with Gasteiger partial charge in [0.15, 0.2) is 11.6 Å². The van der Waals surface area contributed by atoms with E-state index < -0.39 is 17.8 Å². The molecule has 130 valence electrons. The maximum absolute atomic E-state index is 13.3. The Morgan fingerprint density at radius 2 is 1.71 bits per heavy atom. The van der Waals surface area contributed by atoms with Crippen molar-refractivity contribution in [1.82, 2.24) is 0 Å². The van der Waals surface area contributed by atoms with Gasteiger partial charge in [0.2, 0.25) is 0 Å². The van der Waals surface area contributed by atoms with E-state index in [1.807, 2.05) is 0 Å². The van der Waals surface area contributed by atoms with Crippen molar-refractivity contribution < 1.29 is 26.3 Å². The molecule has 0 atom stereocenters. The molecule has 0 saturated heterocycles. The van der Waals surface area contributed by atoms with Crippen molar-refractivity contribution in [2.75, 3.05) is 24.4 Å². The third-order valence-electron chi connectivity index (χ3n) is 3.06. The molecule has 2 amide bonds. The van der Waals surface area contributed by atoms with Crippen LogP contribution in [0.25, 0.3) is 0 Å². The van der Waals surface area contributed by atoms with Crippen molar-refractivity contribution in [2.24, 2.45) is 0 Å². The Bertz CT molecular complexity index is 742. The number of amides is 2. The molecule has 24 heavy (non-hydrogen) atoms. The van der Waals surface area contributed by atoms with E-state index >= 15 is 0 Å². The lowest BCUT2D eigenvalue weighted by Crippen LogP contribution is -2.19. The summed E-state index contributed by atoms with van der Waals surface area (Å²) >= 11 is 0. The Kier molecular flexibility index (Phi) is 5.73. The molecule has 0 unspecified atom stereocenters. The van der Waals surface area contributed by atoms with E-state index in [9.17, 15) is 14.0 Å². The number of urea groups is 1. The molecule has 0 aliphatic carbocycles. The van der Waals surface area contributed by atoms with Crippen LogP contribution in [0.2, 0.25) is 0 Å². The largest absolute Gasteiger partial charge is 0.494 e. The summed E-state index contributed by atoms with van der Waals surface area (Å²) < 4.78 is 23.0. The predicted octanol–water partition coefficient (Wildman–Crippen LogP) is 4.15. The number of carbonyl (C=O) groups is 2. The van der Waals surface area contributed by atoms with Gasteiger partial charge in [0, 0.05) is 20.3 Å². The molecule has 0 fully saturated rings. The maximum atomic E-state index is 13.3. The van der Waals surface area contributed by atoms with Crippen LogP contribution >= 0.6 is 0 Å². The fraction of sp³-hybridized carbons (Fsp3) is 0.176. The molecule has 0 saturated carbocycles. The molecule has 0 aliphatic rings. The molecule has 7 heteroatoms. The van der Waals surface area contributed by atoms with E-state index in [4.69, 9.17) is 9.47 Å². The lowest BCUT2D eigenvalue weighted by molar-refractivity contribution is 0.0526. The van der Waals surface area contributed by atoms with E-state index in [0.29, 0.717) is 23.5 Å². The third kappa shape index (κ3) is 4.45. The highest BCUT2D eigenvalue weighted by atomic mass is 19.1. The summed E-state index contributed by atoms with van der Waals surface area (Å²) in [5.41, 5.74) is 1.27. The molecule has 0 heterocycles. The van der Waals surface area contributed by atoms with Crippen molar-refractivity contribution >= 4 is 23.4 Å². The predicted molar refractivity (Wildman–Crippen MR) is 92.2 cm³/mol. The molecular weight excluding hydrogens is 315 g/mol. The lowest BCUT2D eigenvalue weighted by Gasteiger charge is -2.10. The number of anilines is 2. The normalized spacial score (nSPS) is 9.96. The lowest BCUT2D eigenvalue weighted by atomic mass is 10.2. The molecule has 0 aromatic heterocycles. The van der Waals surface area contributed by atoms with Gasteiger partial charge in [0.05, 0.1) is 19.3 Å². The smallest absolute Gasteiger partial charge is 0.338 e. The highest BCUT2D eigenvalue weighted by Crippen LogP contribution is 2.21. The quantitative estimate of drug-likeness (QED) is 0.804. The molecule has 2 rings (SSSR count). The van der Waals surface area contributed by atoms with Crippen LogP contribution in [-0.2, 0) is 4.74 Å². The van der Waals surface area contributed by atoms with Crippen LogP contribution in [0.4, 0.5) is 20.6 Å². The summed E-state index contributed by atoms with van der Waals surface area (Å²) in [5, 5.41) is 5.17. The number of hydrogen-bond donors (Lipinski definition) is 2. The Morgan fingerprint density at radius 3 is 2.33 bits per heavy atom. The highest BCUT2D eigenvalue weighted by molar-refractivity contribution is 6.00. The molecule has 6 nitrogen and oxygen atoms in total. The van der Waals surface area contributed by atoms with Crippen LogP contribution in [0.3, 0.4) is 0 Å². The monoisotopic (exact) mass is 336 g/mol. The van der Waals surface area contributed by atoms with Crippen LogP contribution < -0.4 is 15.4 Å². The number of benzene rings is 2. The van der Waals surface area contributed by atoms with Gasteiger partial charge in [-0.1, -0.05) is 0 Å². The van der Waals surface area contributed by atoms with Gasteiger partial charge >= 0.3 is 12.0 Å². The fourth-order valence-electron chi connectivity index (χ4n) is 1.94. The van der Waals surface area contributed by atoms with Crippen molar-refractivity contribution in [2.45, 2.75) is 6.92 Å². The van der Waals surface area contributed by atoms with Gasteiger partial charge in [-0.25, -0.2) is 14.0 Å². The molecule has 0 spiro atoms. The minimum atomic E-state index is -0.516. The van der Waals surface area contributed by atoms with E-state index in [1.54, 1.807) is 31.2 Å². The van der Waals surface area contributed by atoms with E-state index in [2.05, 4.69) is 10.6 Å². The van der Waals surface area contributed by atoms with Crippen LogP contribution in [0.1, 0.15) is 20.1 Å². The second kappa shape index (κ2) is 7.96. The average molecular weight is 336 g/mol. The summed E-state index contributed by atoms with van der Waals surface area (Å²) in [6.07, 6.45) is 0. The molecule has 0 aliphatic heterocycles. The van der Waals surface area contributed by atoms with E-state index in [0.717, 1.165) is 0 Å². The summed E-state index contributed by atoms with van der Waals surface area (Å²) in [5.74, 6) is -0.906. The van der Waals surface area contributed by atoms with Crippen molar-refractivity contribution in [3.8, 4) is 5.75 Å². The number of carbonyl (C=O) groups excluding carboxylic acids is 2. The van der Waals surface area contributed by atoms with Crippen LogP contribution in [0.5, 0.6) is 5.75 Å². The molecule has 2 aromatic rings. The molecule has 0 radical (unpaired) electrons. The molecule has 2 N–H and O–H groups in total. The Hall–Kier alpha value is -3.09. The van der Waals surface area contributed by atoms with Crippen molar-refractivity contribution in [3.63, 3.8) is 0 Å². The van der Waals surface area contributed by atoms with Gasteiger partial charge in [0.1, 0.15) is 0 Å². The van der Waals surface area contributed by atoms with Crippen molar-refractivity contribution in [3.05, 3.63) is 53.8 Å². The topological polar surface area (TPSA) is 76.7 Å². The summed E-state index contributed by atoms with van der Waals surface area (Å²) in [7, 11) is 1.34. The number of esters is 1. The summed E-state index contributed by atoms with van der Waals surface area (Å²) in [6, 6.07) is 9.74. The first kappa shape index (κ1) is 17.3. The first-order valence-electron chi connectivity index (χ1n) is 7.22. The Balaban J connectivity index is 0.00000312. The van der Waals surface area contributed by atoms with Gasteiger partial charge in [0.25, 0.3) is 0 Å². The van der Waals surface area contributed by atoms with Gasteiger partial charge in [-0.05, 0) is 43.3 Å².